The number of amides is 1. The summed E-state index contributed by atoms with van der Waals surface area (Å²) in [5.74, 6) is 0.891. The fraction of sp³-hybridized carbons (Fsp3) is 0.474. The molecule has 8 heteroatoms. The molecule has 2 aromatic heterocycles. The summed E-state index contributed by atoms with van der Waals surface area (Å²) in [5.41, 5.74) is 7.63. The first kappa shape index (κ1) is 20.4. The topological polar surface area (TPSA) is 115 Å². The molecular formula is C19H28N6O2. The van der Waals surface area contributed by atoms with Crippen LogP contribution in [-0.4, -0.2) is 27.0 Å². The van der Waals surface area contributed by atoms with E-state index < -0.39 is 0 Å². The van der Waals surface area contributed by atoms with Crippen LogP contribution in [0.2, 0.25) is 0 Å². The Morgan fingerprint density at radius 1 is 1.33 bits per heavy atom. The van der Waals surface area contributed by atoms with E-state index in [2.05, 4.69) is 34.4 Å². The number of hydrogen-bond acceptors (Lipinski definition) is 6. The summed E-state index contributed by atoms with van der Waals surface area (Å²) in [6.07, 6.45) is 2.61. The molecule has 146 valence electrons. The van der Waals surface area contributed by atoms with Gasteiger partial charge in [0.2, 0.25) is 5.91 Å². The Hall–Kier alpha value is -2.90. The molecule has 2 rings (SSSR count). The number of rotatable bonds is 8. The molecule has 0 radical (unpaired) electrons. The number of nitrogens with two attached hydrogens (primary N) is 1. The molecule has 0 saturated carbocycles. The molecule has 2 aromatic rings. The molecule has 1 atom stereocenters. The average molecular weight is 372 g/mol. The molecule has 1 amide bonds. The summed E-state index contributed by atoms with van der Waals surface area (Å²) in [6.45, 7) is 8.72. The van der Waals surface area contributed by atoms with Crippen molar-refractivity contribution in [3.8, 4) is 0 Å². The van der Waals surface area contributed by atoms with Gasteiger partial charge in [-0.2, -0.15) is 0 Å². The summed E-state index contributed by atoms with van der Waals surface area (Å²) in [7, 11) is 0. The third-order valence-electron chi connectivity index (χ3n) is 4.56. The Kier molecular flexibility index (Phi) is 6.92. The molecule has 0 aliphatic heterocycles. The normalized spacial score (nSPS) is 11.9. The van der Waals surface area contributed by atoms with E-state index in [1.165, 1.54) is 4.57 Å². The maximum absolute atomic E-state index is 12.6. The van der Waals surface area contributed by atoms with Crippen LogP contribution in [0, 0.1) is 19.8 Å². The number of hydrogen-bond donors (Lipinski definition) is 3. The minimum absolute atomic E-state index is 0.0629. The Labute approximate surface area is 159 Å². The van der Waals surface area contributed by atoms with Gasteiger partial charge in [0.05, 0.1) is 0 Å². The lowest BCUT2D eigenvalue weighted by molar-refractivity contribution is -0.121. The number of carbonyl (C=O) groups is 1. The predicted octanol–water partition coefficient (Wildman–Crippen LogP) is 1.61. The highest BCUT2D eigenvalue weighted by Crippen LogP contribution is 2.08. The molecule has 0 saturated heterocycles. The van der Waals surface area contributed by atoms with E-state index in [1.54, 1.807) is 19.2 Å². The number of nitrogens with zero attached hydrogens (tertiary/aromatic N) is 3. The van der Waals surface area contributed by atoms with Crippen LogP contribution >= 0.6 is 0 Å². The zero-order valence-corrected chi connectivity index (χ0v) is 16.4. The second-order valence-electron chi connectivity index (χ2n) is 6.79. The number of pyridine rings is 1. The lowest BCUT2D eigenvalue weighted by atomic mass is 10.1. The Morgan fingerprint density at radius 2 is 2.07 bits per heavy atom. The van der Waals surface area contributed by atoms with Crippen molar-refractivity contribution in [2.24, 2.45) is 5.92 Å². The van der Waals surface area contributed by atoms with Crippen LogP contribution < -0.4 is 21.9 Å². The monoisotopic (exact) mass is 372 g/mol. The van der Waals surface area contributed by atoms with Gasteiger partial charge in [-0.25, -0.2) is 9.97 Å². The maximum Gasteiger partial charge on any atom is 0.293 e. The van der Waals surface area contributed by atoms with Gasteiger partial charge in [0.1, 0.15) is 12.4 Å². The molecule has 2 heterocycles. The summed E-state index contributed by atoms with van der Waals surface area (Å²) >= 11 is 0. The van der Waals surface area contributed by atoms with Crippen molar-refractivity contribution in [3.05, 3.63) is 45.6 Å². The van der Waals surface area contributed by atoms with Gasteiger partial charge >= 0.3 is 0 Å². The van der Waals surface area contributed by atoms with E-state index in [0.29, 0.717) is 30.5 Å². The number of aryl methyl sites for hydroxylation is 2. The lowest BCUT2D eigenvalue weighted by Crippen LogP contribution is -2.35. The van der Waals surface area contributed by atoms with Gasteiger partial charge < -0.3 is 16.4 Å². The number of nitrogen functional groups attached to an aromatic ring is 1. The van der Waals surface area contributed by atoms with Crippen LogP contribution in [0.25, 0.3) is 0 Å². The molecule has 4 N–H and O–H groups in total. The molecule has 0 aliphatic rings. The van der Waals surface area contributed by atoms with Crippen molar-refractivity contribution in [1.82, 2.24) is 19.9 Å². The van der Waals surface area contributed by atoms with Crippen LogP contribution in [0.15, 0.2) is 23.1 Å². The first-order chi connectivity index (χ1) is 12.8. The van der Waals surface area contributed by atoms with Crippen molar-refractivity contribution in [2.45, 2.75) is 47.2 Å². The maximum atomic E-state index is 12.6. The standard InChI is InChI=1S/C19H28N6O2/c1-5-12(2)8-22-18-19(27)25(13(3)9-23-18)11-17(26)21-10-15-6-7-16(20)24-14(15)4/h6-7,9,12H,5,8,10-11H2,1-4H3,(H2,20,24)(H,21,26)(H,22,23)/t12-/m0/s1. The molecule has 0 aromatic carbocycles. The second kappa shape index (κ2) is 9.16. The SMILES string of the molecule is CC[C@H](C)CNc1ncc(C)n(CC(=O)NCc2ccc(N)nc2C)c1=O. The Morgan fingerprint density at radius 3 is 2.74 bits per heavy atom. The minimum atomic E-state index is -0.293. The van der Waals surface area contributed by atoms with Crippen LogP contribution in [0.4, 0.5) is 11.6 Å². The first-order valence-electron chi connectivity index (χ1n) is 9.10. The van der Waals surface area contributed by atoms with E-state index in [4.69, 9.17) is 5.73 Å². The molecule has 8 nitrogen and oxygen atoms in total. The third-order valence-corrected chi connectivity index (χ3v) is 4.56. The van der Waals surface area contributed by atoms with Gasteiger partial charge in [-0.05, 0) is 31.4 Å². The molecule has 0 bridgehead atoms. The van der Waals surface area contributed by atoms with Gasteiger partial charge in [-0.15, -0.1) is 0 Å². The van der Waals surface area contributed by atoms with Crippen molar-refractivity contribution in [3.63, 3.8) is 0 Å². The molecule has 0 aliphatic carbocycles. The number of nitrogens with one attached hydrogen (secondary N) is 2. The Bertz CT molecular complexity index is 862. The third kappa shape index (κ3) is 5.54. The number of carbonyl (C=O) groups excluding carboxylic acids is 1. The summed E-state index contributed by atoms with van der Waals surface area (Å²) in [4.78, 5) is 33.3. The highest BCUT2D eigenvalue weighted by molar-refractivity contribution is 5.75. The highest BCUT2D eigenvalue weighted by atomic mass is 16.2. The summed E-state index contributed by atoms with van der Waals surface area (Å²) < 4.78 is 1.43. The van der Waals surface area contributed by atoms with Gasteiger partial charge in [0.15, 0.2) is 5.82 Å². The molecular weight excluding hydrogens is 344 g/mol. The molecule has 0 fully saturated rings. The minimum Gasteiger partial charge on any atom is -0.384 e. The van der Waals surface area contributed by atoms with Crippen molar-refractivity contribution in [2.75, 3.05) is 17.6 Å². The lowest BCUT2D eigenvalue weighted by Gasteiger charge is -2.14. The van der Waals surface area contributed by atoms with Gasteiger partial charge in [-0.3, -0.25) is 14.2 Å². The zero-order valence-electron chi connectivity index (χ0n) is 16.4. The number of aromatic nitrogens is 3. The second-order valence-corrected chi connectivity index (χ2v) is 6.79. The van der Waals surface area contributed by atoms with Crippen LogP contribution in [0.5, 0.6) is 0 Å². The van der Waals surface area contributed by atoms with E-state index >= 15 is 0 Å². The average Bonchev–Trinajstić information content (AvgIpc) is 2.63. The smallest absolute Gasteiger partial charge is 0.293 e. The van der Waals surface area contributed by atoms with Crippen LogP contribution in [0.3, 0.4) is 0 Å². The number of anilines is 2. The zero-order chi connectivity index (χ0) is 20.0. The van der Waals surface area contributed by atoms with E-state index in [9.17, 15) is 9.59 Å². The summed E-state index contributed by atoms with van der Waals surface area (Å²) in [5, 5.41) is 5.90. The first-order valence-corrected chi connectivity index (χ1v) is 9.10. The van der Waals surface area contributed by atoms with E-state index in [-0.39, 0.29) is 23.8 Å². The van der Waals surface area contributed by atoms with Gasteiger partial charge in [0.25, 0.3) is 5.56 Å². The van der Waals surface area contributed by atoms with Gasteiger partial charge in [-0.1, -0.05) is 26.3 Å². The molecule has 0 unspecified atom stereocenters. The van der Waals surface area contributed by atoms with Gasteiger partial charge in [0, 0.05) is 30.7 Å². The van der Waals surface area contributed by atoms with Crippen molar-refractivity contribution >= 4 is 17.5 Å². The van der Waals surface area contributed by atoms with Crippen LogP contribution in [0.1, 0.15) is 37.2 Å². The Balaban J connectivity index is 2.05. The highest BCUT2D eigenvalue weighted by Gasteiger charge is 2.12. The fourth-order valence-corrected chi connectivity index (χ4v) is 2.49. The largest absolute Gasteiger partial charge is 0.384 e. The quantitative estimate of drug-likeness (QED) is 0.648. The molecule has 0 spiro atoms. The van der Waals surface area contributed by atoms with Crippen molar-refractivity contribution in [1.29, 1.82) is 0 Å². The van der Waals surface area contributed by atoms with Crippen molar-refractivity contribution < 1.29 is 4.79 Å². The van der Waals surface area contributed by atoms with E-state index in [0.717, 1.165) is 17.7 Å². The fourth-order valence-electron chi connectivity index (χ4n) is 2.49. The predicted molar refractivity (Wildman–Crippen MR) is 106 cm³/mol. The molecule has 27 heavy (non-hydrogen) atoms. The van der Waals surface area contributed by atoms with Crippen LogP contribution in [-0.2, 0) is 17.9 Å². The summed E-state index contributed by atoms with van der Waals surface area (Å²) in [6, 6.07) is 3.53. The van der Waals surface area contributed by atoms with E-state index in [1.807, 2.05) is 13.0 Å².